The lowest BCUT2D eigenvalue weighted by molar-refractivity contribution is -0.136. The molecule has 1 saturated carbocycles. The van der Waals surface area contributed by atoms with Gasteiger partial charge in [0.15, 0.2) is 0 Å². The molecule has 33 heavy (non-hydrogen) atoms. The third-order valence-corrected chi connectivity index (χ3v) is 7.48. The third kappa shape index (κ3) is 4.56. The zero-order chi connectivity index (χ0) is 22.8. The van der Waals surface area contributed by atoms with Crippen molar-refractivity contribution < 1.29 is 13.9 Å². The van der Waals surface area contributed by atoms with Crippen molar-refractivity contribution in [1.82, 2.24) is 5.32 Å². The summed E-state index contributed by atoms with van der Waals surface area (Å²) in [7, 11) is 0. The molecule has 1 amide bonds. The molecule has 2 aromatic carbocycles. The minimum Gasteiger partial charge on any atom is -0.377 e. The number of carbonyl (C=O) groups is 1. The maximum atomic E-state index is 14.1. The van der Waals surface area contributed by atoms with Gasteiger partial charge in [-0.1, -0.05) is 43.0 Å². The molecule has 2 fully saturated rings. The maximum Gasteiger partial charge on any atom is 0.230 e. The van der Waals surface area contributed by atoms with Gasteiger partial charge in [-0.05, 0) is 68.0 Å². The maximum absolute atomic E-state index is 14.1. The normalized spacial score (nSPS) is 26.1. The van der Waals surface area contributed by atoms with E-state index in [0.29, 0.717) is 17.3 Å². The number of ether oxygens (including phenoxy) is 1. The Balaban J connectivity index is 1.57. The number of fused-ring (bicyclic) bond motifs is 1. The molecule has 3 aliphatic rings. The van der Waals surface area contributed by atoms with Crippen molar-refractivity contribution in [3.63, 3.8) is 0 Å². The quantitative estimate of drug-likeness (QED) is 0.515. The fourth-order valence-corrected chi connectivity index (χ4v) is 5.71. The molecule has 1 aliphatic carbocycles. The van der Waals surface area contributed by atoms with Crippen LogP contribution in [0, 0.1) is 11.7 Å². The van der Waals surface area contributed by atoms with Crippen LogP contribution in [0.1, 0.15) is 56.9 Å². The van der Waals surface area contributed by atoms with E-state index in [0.717, 1.165) is 56.2 Å². The number of benzene rings is 2. The van der Waals surface area contributed by atoms with Gasteiger partial charge in [0.25, 0.3) is 0 Å². The molecule has 7 heteroatoms. The predicted octanol–water partition coefficient (Wildman–Crippen LogP) is 5.80. The summed E-state index contributed by atoms with van der Waals surface area (Å²) in [5.41, 5.74) is 1.27. The van der Waals surface area contributed by atoms with Crippen LogP contribution in [0.15, 0.2) is 42.5 Å². The van der Waals surface area contributed by atoms with E-state index in [9.17, 15) is 9.18 Å². The molecule has 0 radical (unpaired) electrons. The molecule has 0 aromatic heterocycles. The zero-order valence-corrected chi connectivity index (χ0v) is 19.5. The van der Waals surface area contributed by atoms with Gasteiger partial charge in [-0.2, -0.15) is 0 Å². The number of hydrogen-bond acceptors (Lipinski definition) is 4. The van der Waals surface area contributed by atoms with Gasteiger partial charge in [0.2, 0.25) is 5.91 Å². The minimum atomic E-state index is -0.985. The first-order valence-electron chi connectivity index (χ1n) is 12.1. The standard InChI is InChI=1S/C26H31ClFN3O2/c27-18-11-9-17(10-12-18)26(30-21-14-13-19(28)16-22(21)31-26)24(23-8-4-5-15-33-23)25(32)29-20-6-2-1-3-7-20/h9-14,16,20,23-24,30-31H,1-8,15H2,(H,29,32)/t23-,24+,26?/m1/s1. The van der Waals surface area contributed by atoms with Crippen molar-refractivity contribution in [2.75, 3.05) is 17.2 Å². The van der Waals surface area contributed by atoms with Gasteiger partial charge in [0.1, 0.15) is 17.4 Å². The monoisotopic (exact) mass is 471 g/mol. The number of rotatable bonds is 5. The van der Waals surface area contributed by atoms with Crippen molar-refractivity contribution in [3.8, 4) is 0 Å². The second kappa shape index (κ2) is 9.51. The number of anilines is 2. The van der Waals surface area contributed by atoms with E-state index < -0.39 is 11.6 Å². The number of carbonyl (C=O) groups excluding carboxylic acids is 1. The molecule has 3 atom stereocenters. The van der Waals surface area contributed by atoms with Crippen LogP contribution in [-0.4, -0.2) is 24.7 Å². The first-order valence-corrected chi connectivity index (χ1v) is 12.5. The number of amides is 1. The topological polar surface area (TPSA) is 62.4 Å². The van der Waals surface area contributed by atoms with E-state index in [1.165, 1.54) is 18.6 Å². The number of hydrogen-bond donors (Lipinski definition) is 3. The summed E-state index contributed by atoms with van der Waals surface area (Å²) in [6.45, 7) is 0.635. The Morgan fingerprint density at radius 1 is 1.00 bits per heavy atom. The fraction of sp³-hybridized carbons (Fsp3) is 0.500. The Bertz CT molecular complexity index is 990. The van der Waals surface area contributed by atoms with Gasteiger partial charge in [-0.15, -0.1) is 0 Å². The largest absolute Gasteiger partial charge is 0.377 e. The molecule has 1 unspecified atom stereocenters. The Morgan fingerprint density at radius 2 is 1.73 bits per heavy atom. The molecule has 2 heterocycles. The number of halogens is 2. The van der Waals surface area contributed by atoms with E-state index in [-0.39, 0.29) is 23.9 Å². The molecule has 2 aliphatic heterocycles. The summed E-state index contributed by atoms with van der Waals surface area (Å²) in [5.74, 6) is -0.916. The van der Waals surface area contributed by atoms with Crippen molar-refractivity contribution in [2.24, 2.45) is 5.92 Å². The van der Waals surface area contributed by atoms with Crippen LogP contribution in [0.4, 0.5) is 15.8 Å². The van der Waals surface area contributed by atoms with E-state index in [1.54, 1.807) is 6.07 Å². The average Bonchev–Trinajstić information content (AvgIpc) is 3.20. The van der Waals surface area contributed by atoms with Gasteiger partial charge >= 0.3 is 0 Å². The Hall–Kier alpha value is -2.31. The van der Waals surface area contributed by atoms with Gasteiger partial charge in [-0.3, -0.25) is 4.79 Å². The second-order valence-electron chi connectivity index (χ2n) is 9.48. The molecule has 3 N–H and O–H groups in total. The summed E-state index contributed by atoms with van der Waals surface area (Å²) < 4.78 is 20.3. The van der Waals surface area contributed by atoms with Gasteiger partial charge in [0, 0.05) is 17.7 Å². The van der Waals surface area contributed by atoms with Crippen LogP contribution in [0.2, 0.25) is 5.02 Å². The van der Waals surface area contributed by atoms with Gasteiger partial charge in [-0.25, -0.2) is 4.39 Å². The highest BCUT2D eigenvalue weighted by Crippen LogP contribution is 2.47. The Kier molecular flexibility index (Phi) is 6.48. The first kappa shape index (κ1) is 22.5. The first-order chi connectivity index (χ1) is 16.0. The Labute approximate surface area is 199 Å². The third-order valence-electron chi connectivity index (χ3n) is 7.23. The summed E-state index contributed by atoms with van der Waals surface area (Å²) in [4.78, 5) is 14.0. The van der Waals surface area contributed by atoms with Crippen LogP contribution < -0.4 is 16.0 Å². The van der Waals surface area contributed by atoms with Gasteiger partial charge in [0.05, 0.1) is 17.5 Å². The van der Waals surface area contributed by atoms with E-state index in [4.69, 9.17) is 16.3 Å². The molecule has 0 spiro atoms. The smallest absolute Gasteiger partial charge is 0.230 e. The fourth-order valence-electron chi connectivity index (χ4n) is 5.59. The molecule has 2 aromatic rings. The summed E-state index contributed by atoms with van der Waals surface area (Å²) in [6.07, 6.45) is 8.04. The highest BCUT2D eigenvalue weighted by atomic mass is 35.5. The zero-order valence-electron chi connectivity index (χ0n) is 18.7. The van der Waals surface area contributed by atoms with Crippen molar-refractivity contribution in [1.29, 1.82) is 0 Å². The second-order valence-corrected chi connectivity index (χ2v) is 9.92. The minimum absolute atomic E-state index is 0.0305. The van der Waals surface area contributed by atoms with Crippen LogP contribution in [-0.2, 0) is 15.2 Å². The van der Waals surface area contributed by atoms with Crippen LogP contribution in [0.5, 0.6) is 0 Å². The van der Waals surface area contributed by atoms with E-state index >= 15 is 0 Å². The Morgan fingerprint density at radius 3 is 2.45 bits per heavy atom. The van der Waals surface area contributed by atoms with Gasteiger partial charge < -0.3 is 20.7 Å². The van der Waals surface area contributed by atoms with Crippen molar-refractivity contribution in [2.45, 2.75) is 69.2 Å². The summed E-state index contributed by atoms with van der Waals surface area (Å²) >= 11 is 6.20. The predicted molar refractivity (Wildman–Crippen MR) is 129 cm³/mol. The molecular weight excluding hydrogens is 441 g/mol. The highest BCUT2D eigenvalue weighted by molar-refractivity contribution is 6.30. The molecule has 176 valence electrons. The summed E-state index contributed by atoms with van der Waals surface area (Å²) in [5, 5.41) is 11.0. The molecule has 5 nitrogen and oxygen atoms in total. The molecule has 0 bridgehead atoms. The highest BCUT2D eigenvalue weighted by Gasteiger charge is 2.53. The van der Waals surface area contributed by atoms with E-state index in [2.05, 4.69) is 16.0 Å². The lowest BCUT2D eigenvalue weighted by Gasteiger charge is -2.43. The van der Waals surface area contributed by atoms with Crippen molar-refractivity contribution in [3.05, 3.63) is 58.9 Å². The van der Waals surface area contributed by atoms with Crippen LogP contribution >= 0.6 is 11.6 Å². The molecular formula is C26H31ClFN3O2. The SMILES string of the molecule is O=C(NC1CCCCC1)[C@H]([C@H]1CCCCO1)C1(c2ccc(Cl)cc2)Nc2ccc(F)cc2N1. The molecule has 5 rings (SSSR count). The van der Waals surface area contributed by atoms with Crippen LogP contribution in [0.3, 0.4) is 0 Å². The van der Waals surface area contributed by atoms with E-state index in [1.807, 2.05) is 24.3 Å². The lowest BCUT2D eigenvalue weighted by Crippen LogP contribution is -2.59. The summed E-state index contributed by atoms with van der Waals surface area (Å²) in [6, 6.07) is 12.3. The lowest BCUT2D eigenvalue weighted by atomic mass is 9.79. The average molecular weight is 472 g/mol. The number of nitrogens with one attached hydrogen (secondary N) is 3. The van der Waals surface area contributed by atoms with Crippen molar-refractivity contribution >= 4 is 28.9 Å². The molecule has 1 saturated heterocycles. The van der Waals surface area contributed by atoms with Crippen LogP contribution in [0.25, 0.3) is 0 Å².